The van der Waals surface area contributed by atoms with Gasteiger partial charge in [-0.25, -0.2) is 0 Å². The molecule has 0 bridgehead atoms. The Bertz CT molecular complexity index is 1130. The first kappa shape index (κ1) is 30.8. The first-order chi connectivity index (χ1) is 18.6. The highest BCUT2D eigenvalue weighted by Crippen LogP contribution is 2.35. The van der Waals surface area contributed by atoms with Gasteiger partial charge in [0, 0.05) is 40.4 Å². The number of esters is 3. The number of aliphatic hydroxyl groups is 1. The van der Waals surface area contributed by atoms with Gasteiger partial charge in [0.15, 0.2) is 18.5 Å². The average molecular weight is 552 g/mol. The molecule has 0 aromatic heterocycles. The third-order valence-electron chi connectivity index (χ3n) is 5.64. The lowest BCUT2D eigenvalue weighted by atomic mass is 9.84. The number of carbonyl (C=O) groups excluding carboxylic acids is 3. The lowest BCUT2D eigenvalue weighted by molar-refractivity contribution is -0.291. The fourth-order valence-electron chi connectivity index (χ4n) is 4.29. The van der Waals surface area contributed by atoms with Gasteiger partial charge >= 0.3 is 17.9 Å². The van der Waals surface area contributed by atoms with E-state index in [9.17, 15) is 25.0 Å². The SMILES string of the molecule is CC(=O)O[C@@H]1[C@@H](N=[N+]=[N-])[C@@H](O[C@H]2[C@H](O)[C@@H](OC(C)=O)[C@H](N=[N+]=[N-])C[C@@H]2N=[N+]=[N-])O[C@H](CN=[N+]=[N-])[C@H]1OC(C)=O. The second-order valence-electron chi connectivity index (χ2n) is 8.25. The molecule has 1 N–H and O–H groups in total. The summed E-state index contributed by atoms with van der Waals surface area (Å²) in [6, 6.07) is -3.92. The summed E-state index contributed by atoms with van der Waals surface area (Å²) in [7, 11) is 0. The number of rotatable bonds is 10. The first-order valence-corrected chi connectivity index (χ1v) is 11.2. The lowest BCUT2D eigenvalue weighted by Gasteiger charge is -2.47. The number of ether oxygens (including phenoxy) is 5. The van der Waals surface area contributed by atoms with Crippen molar-refractivity contribution in [3.8, 4) is 0 Å². The molecule has 21 heteroatoms. The van der Waals surface area contributed by atoms with Crippen molar-refractivity contribution in [3.05, 3.63) is 41.8 Å². The number of hydrogen-bond acceptors (Lipinski definition) is 13. The van der Waals surface area contributed by atoms with Crippen LogP contribution in [-0.2, 0) is 38.1 Å². The minimum atomic E-state index is -1.77. The van der Waals surface area contributed by atoms with Gasteiger partial charge < -0.3 is 28.8 Å². The van der Waals surface area contributed by atoms with Crippen LogP contribution < -0.4 is 0 Å². The molecule has 1 saturated heterocycles. The van der Waals surface area contributed by atoms with E-state index in [2.05, 4.69) is 40.1 Å². The van der Waals surface area contributed by atoms with E-state index in [0.717, 1.165) is 20.8 Å². The van der Waals surface area contributed by atoms with E-state index in [1.807, 2.05) is 0 Å². The fourth-order valence-corrected chi connectivity index (χ4v) is 4.29. The molecule has 2 aliphatic rings. The smallest absolute Gasteiger partial charge is 0.303 e. The van der Waals surface area contributed by atoms with Crippen molar-refractivity contribution < 1.29 is 43.2 Å². The van der Waals surface area contributed by atoms with Gasteiger partial charge in [0.25, 0.3) is 0 Å². The predicted molar refractivity (Wildman–Crippen MR) is 124 cm³/mol. The molecular formula is C18H24N12O9. The molecule has 0 aromatic rings. The van der Waals surface area contributed by atoms with E-state index < -0.39 is 85.5 Å². The molecule has 1 saturated carbocycles. The van der Waals surface area contributed by atoms with E-state index >= 15 is 0 Å². The summed E-state index contributed by atoms with van der Waals surface area (Å²) in [5, 5.41) is 25.1. The number of aliphatic hydroxyl groups excluding tert-OH is 1. The highest BCUT2D eigenvalue weighted by atomic mass is 16.7. The molecule has 2 rings (SSSR count). The van der Waals surface area contributed by atoms with Crippen molar-refractivity contribution in [2.24, 2.45) is 20.5 Å². The van der Waals surface area contributed by atoms with Gasteiger partial charge in [0.05, 0.1) is 24.7 Å². The van der Waals surface area contributed by atoms with Crippen molar-refractivity contribution in [3.63, 3.8) is 0 Å². The predicted octanol–water partition coefficient (Wildman–Crippen LogP) is 2.00. The largest absolute Gasteiger partial charge is 0.459 e. The van der Waals surface area contributed by atoms with Crippen LogP contribution in [0.2, 0.25) is 0 Å². The maximum Gasteiger partial charge on any atom is 0.303 e. The summed E-state index contributed by atoms with van der Waals surface area (Å²) < 4.78 is 27.3. The van der Waals surface area contributed by atoms with E-state index in [4.69, 9.17) is 40.3 Å². The number of azide groups is 4. The highest BCUT2D eigenvalue weighted by Gasteiger charge is 2.53. The summed E-state index contributed by atoms with van der Waals surface area (Å²) in [4.78, 5) is 46.1. The Morgan fingerprint density at radius 1 is 0.795 bits per heavy atom. The van der Waals surface area contributed by atoms with E-state index in [-0.39, 0.29) is 6.42 Å². The zero-order valence-corrected chi connectivity index (χ0v) is 20.8. The number of nitrogens with zero attached hydrogens (tertiary/aromatic N) is 12. The molecule has 1 aliphatic heterocycles. The number of hydrogen-bond donors (Lipinski definition) is 1. The minimum absolute atomic E-state index is 0.238. The van der Waals surface area contributed by atoms with Gasteiger partial charge in [0.1, 0.15) is 24.4 Å². The quantitative estimate of drug-likeness (QED) is 0.136. The Hall–Kier alpha value is -4.47. The Morgan fingerprint density at radius 2 is 1.31 bits per heavy atom. The Balaban J connectivity index is 2.57. The Kier molecular flexibility index (Phi) is 11.4. The maximum atomic E-state index is 11.9. The maximum absolute atomic E-state index is 11.9. The van der Waals surface area contributed by atoms with Crippen molar-refractivity contribution >= 4 is 17.9 Å². The molecule has 0 spiro atoms. The molecule has 0 unspecified atom stereocenters. The molecule has 0 amide bonds. The lowest BCUT2D eigenvalue weighted by Crippen LogP contribution is -2.64. The molecule has 1 aliphatic carbocycles. The van der Waals surface area contributed by atoms with Crippen molar-refractivity contribution in [2.45, 2.75) is 88.2 Å². The fraction of sp³-hybridized carbons (Fsp3) is 0.833. The van der Waals surface area contributed by atoms with Crippen LogP contribution >= 0.6 is 0 Å². The van der Waals surface area contributed by atoms with Crippen LogP contribution in [0.25, 0.3) is 41.8 Å². The molecule has 2 fully saturated rings. The van der Waals surface area contributed by atoms with Gasteiger partial charge in [-0.2, -0.15) is 0 Å². The van der Waals surface area contributed by atoms with E-state index in [1.54, 1.807) is 0 Å². The van der Waals surface area contributed by atoms with Crippen LogP contribution in [0.1, 0.15) is 27.2 Å². The van der Waals surface area contributed by atoms with Crippen LogP contribution in [0.5, 0.6) is 0 Å². The summed E-state index contributed by atoms with van der Waals surface area (Å²) >= 11 is 0. The minimum Gasteiger partial charge on any atom is -0.459 e. The Labute approximate surface area is 218 Å². The highest BCUT2D eigenvalue weighted by molar-refractivity contribution is 5.67. The average Bonchev–Trinajstić information content (AvgIpc) is 2.85. The standard InChI is InChI=1S/C18H24N12O9/c1-6(31)35-14-9(24-28-20)4-10(25-29-21)15(13(14)34)39-18-12(26-30-22)17(37-8(3)33)16(36-7(2)32)11(38-18)5-23-27-19/h9-18,34H,4-5H2,1-3H3/t9-,10+,11-,12-,13-,14+,15-,16-,17-,18-/m1/s1. The molecule has 0 radical (unpaired) electrons. The van der Waals surface area contributed by atoms with Crippen LogP contribution in [-0.4, -0.2) is 90.6 Å². The van der Waals surface area contributed by atoms with Crippen LogP contribution in [0.3, 0.4) is 0 Å². The Morgan fingerprint density at radius 3 is 1.82 bits per heavy atom. The molecule has 21 nitrogen and oxygen atoms in total. The van der Waals surface area contributed by atoms with Crippen molar-refractivity contribution in [1.29, 1.82) is 0 Å². The third kappa shape index (κ3) is 8.00. The monoisotopic (exact) mass is 552 g/mol. The van der Waals surface area contributed by atoms with Crippen LogP contribution in [0, 0.1) is 0 Å². The summed E-state index contributed by atoms with van der Waals surface area (Å²) in [6.45, 7) is 2.68. The van der Waals surface area contributed by atoms with E-state index in [1.165, 1.54) is 0 Å². The van der Waals surface area contributed by atoms with Crippen LogP contribution in [0.15, 0.2) is 20.5 Å². The summed E-state index contributed by atoms with van der Waals surface area (Å²) in [6.07, 6.45) is -10.9. The summed E-state index contributed by atoms with van der Waals surface area (Å²) in [5.74, 6) is -2.52. The molecule has 39 heavy (non-hydrogen) atoms. The second kappa shape index (κ2) is 14.5. The molecular weight excluding hydrogens is 528 g/mol. The van der Waals surface area contributed by atoms with E-state index in [0.29, 0.717) is 0 Å². The molecule has 1 heterocycles. The zero-order chi connectivity index (χ0) is 29.1. The first-order valence-electron chi connectivity index (χ1n) is 11.2. The normalized spacial score (nSPS) is 33.4. The zero-order valence-electron chi connectivity index (χ0n) is 20.8. The van der Waals surface area contributed by atoms with Gasteiger partial charge in [-0.15, -0.1) is 0 Å². The molecule has 0 aromatic carbocycles. The van der Waals surface area contributed by atoms with Crippen molar-refractivity contribution in [2.75, 3.05) is 6.54 Å². The van der Waals surface area contributed by atoms with Gasteiger partial charge in [-0.3, -0.25) is 14.4 Å². The van der Waals surface area contributed by atoms with Crippen LogP contribution in [0.4, 0.5) is 0 Å². The van der Waals surface area contributed by atoms with Crippen molar-refractivity contribution in [1.82, 2.24) is 0 Å². The molecule has 210 valence electrons. The second-order valence-corrected chi connectivity index (χ2v) is 8.25. The van der Waals surface area contributed by atoms with Gasteiger partial charge in [-0.1, -0.05) is 20.5 Å². The number of carbonyl (C=O) groups is 3. The molecule has 10 atom stereocenters. The topological polar surface area (TPSA) is 313 Å². The summed E-state index contributed by atoms with van der Waals surface area (Å²) in [5.41, 5.74) is 36.0. The third-order valence-corrected chi connectivity index (χ3v) is 5.64. The van der Waals surface area contributed by atoms with Gasteiger partial charge in [0.2, 0.25) is 0 Å². The van der Waals surface area contributed by atoms with Gasteiger partial charge in [-0.05, 0) is 28.5 Å².